The third kappa shape index (κ3) is 2.08. The molecule has 2 rings (SSSR count). The van der Waals surface area contributed by atoms with Crippen molar-refractivity contribution in [2.24, 2.45) is 0 Å². The van der Waals surface area contributed by atoms with Gasteiger partial charge in [0.2, 0.25) is 0 Å². The van der Waals surface area contributed by atoms with E-state index in [1.807, 2.05) is 19.1 Å². The molecule has 1 aromatic carbocycles. The molecule has 0 radical (unpaired) electrons. The van der Waals surface area contributed by atoms with Gasteiger partial charge in [0.1, 0.15) is 0 Å². The van der Waals surface area contributed by atoms with E-state index >= 15 is 0 Å². The Morgan fingerprint density at radius 3 is 2.81 bits per heavy atom. The molecule has 0 saturated carbocycles. The lowest BCUT2D eigenvalue weighted by Crippen LogP contribution is -1.91. The normalized spacial score (nSPS) is 11.2. The summed E-state index contributed by atoms with van der Waals surface area (Å²) < 4.78 is 7.67. The highest BCUT2D eigenvalue weighted by molar-refractivity contribution is 6.31. The van der Waals surface area contributed by atoms with Gasteiger partial charge >= 0.3 is 0 Å². The van der Waals surface area contributed by atoms with Gasteiger partial charge in [-0.15, -0.1) is 0 Å². The quantitative estimate of drug-likeness (QED) is 0.788. The number of rotatable bonds is 4. The molecule has 0 bridgehead atoms. The fourth-order valence-corrected chi connectivity index (χ4v) is 2.10. The lowest BCUT2D eigenvalue weighted by atomic mass is 10.2. The van der Waals surface area contributed by atoms with E-state index in [2.05, 4.69) is 23.8 Å². The van der Waals surface area contributed by atoms with Crippen molar-refractivity contribution in [2.75, 3.05) is 6.61 Å². The molecule has 0 unspecified atom stereocenters. The van der Waals surface area contributed by atoms with Gasteiger partial charge in [0.15, 0.2) is 0 Å². The van der Waals surface area contributed by atoms with Crippen LogP contribution in [0.3, 0.4) is 0 Å². The molecule has 2 aromatic rings. The topological polar surface area (TPSA) is 14.2 Å². The fraction of sp³-hybridized carbons (Fsp3) is 0.385. The van der Waals surface area contributed by atoms with Crippen molar-refractivity contribution in [1.29, 1.82) is 0 Å². The average molecular weight is 238 g/mol. The second-order valence-electron chi connectivity index (χ2n) is 3.74. The minimum Gasteiger partial charge on any atom is -0.377 e. The van der Waals surface area contributed by atoms with Gasteiger partial charge in [-0.2, -0.15) is 0 Å². The fourth-order valence-electron chi connectivity index (χ4n) is 1.93. The summed E-state index contributed by atoms with van der Waals surface area (Å²) in [4.78, 5) is 0. The molecule has 0 fully saturated rings. The monoisotopic (exact) mass is 237 g/mol. The molecule has 0 aliphatic carbocycles. The highest BCUT2D eigenvalue weighted by Crippen LogP contribution is 2.25. The maximum atomic E-state index is 6.02. The summed E-state index contributed by atoms with van der Waals surface area (Å²) in [5.74, 6) is 0. The second-order valence-corrected chi connectivity index (χ2v) is 4.18. The Hall–Kier alpha value is -0.990. The van der Waals surface area contributed by atoms with Gasteiger partial charge in [0.05, 0.1) is 6.61 Å². The number of aromatic nitrogens is 1. The first-order valence-electron chi connectivity index (χ1n) is 5.61. The van der Waals surface area contributed by atoms with E-state index in [1.165, 1.54) is 16.5 Å². The third-order valence-corrected chi connectivity index (χ3v) is 2.96. The lowest BCUT2D eigenvalue weighted by Gasteiger charge is -2.00. The zero-order valence-corrected chi connectivity index (χ0v) is 10.4. The zero-order valence-electron chi connectivity index (χ0n) is 9.66. The SMILES string of the molecule is CCOCc1cn(CC)c2cc(Cl)ccc12. The minimum atomic E-state index is 0.668. The first-order chi connectivity index (χ1) is 7.76. The van der Waals surface area contributed by atoms with Crippen LogP contribution in [0.25, 0.3) is 10.9 Å². The van der Waals surface area contributed by atoms with Crippen molar-refractivity contribution < 1.29 is 4.74 Å². The molecule has 3 heteroatoms. The van der Waals surface area contributed by atoms with Crippen LogP contribution in [0, 0.1) is 0 Å². The summed E-state index contributed by atoms with van der Waals surface area (Å²) in [5.41, 5.74) is 2.42. The molecule has 16 heavy (non-hydrogen) atoms. The van der Waals surface area contributed by atoms with E-state index in [9.17, 15) is 0 Å². The summed E-state index contributed by atoms with van der Waals surface area (Å²) in [6.07, 6.45) is 2.15. The van der Waals surface area contributed by atoms with Gasteiger partial charge in [-0.25, -0.2) is 0 Å². The van der Waals surface area contributed by atoms with Crippen LogP contribution in [0.4, 0.5) is 0 Å². The van der Waals surface area contributed by atoms with Crippen LogP contribution in [-0.2, 0) is 17.9 Å². The Morgan fingerprint density at radius 2 is 2.12 bits per heavy atom. The number of benzene rings is 1. The molecule has 0 aliphatic heterocycles. The van der Waals surface area contributed by atoms with E-state index in [4.69, 9.17) is 16.3 Å². The van der Waals surface area contributed by atoms with Crippen molar-refractivity contribution in [3.05, 3.63) is 35.0 Å². The predicted octanol–water partition coefficient (Wildman–Crippen LogP) is 3.85. The van der Waals surface area contributed by atoms with Gasteiger partial charge in [-0.05, 0) is 26.0 Å². The summed E-state index contributed by atoms with van der Waals surface area (Å²) in [6.45, 7) is 6.50. The molecular formula is C13H16ClNO. The number of hydrogen-bond acceptors (Lipinski definition) is 1. The second kappa shape index (κ2) is 4.89. The summed E-state index contributed by atoms with van der Waals surface area (Å²) in [6, 6.07) is 6.01. The van der Waals surface area contributed by atoms with Crippen LogP contribution >= 0.6 is 11.6 Å². The summed E-state index contributed by atoms with van der Waals surface area (Å²) in [5, 5.41) is 2.02. The van der Waals surface area contributed by atoms with Gasteiger partial charge in [0.25, 0.3) is 0 Å². The van der Waals surface area contributed by atoms with Crippen LogP contribution in [0.15, 0.2) is 24.4 Å². The van der Waals surface area contributed by atoms with Crippen molar-refractivity contribution in [3.8, 4) is 0 Å². The highest BCUT2D eigenvalue weighted by Gasteiger charge is 2.07. The van der Waals surface area contributed by atoms with E-state index in [-0.39, 0.29) is 0 Å². The van der Waals surface area contributed by atoms with E-state index in [1.54, 1.807) is 0 Å². The molecular weight excluding hydrogens is 222 g/mol. The molecule has 0 saturated heterocycles. The Labute approximate surface area is 101 Å². The van der Waals surface area contributed by atoms with Crippen molar-refractivity contribution >= 4 is 22.5 Å². The van der Waals surface area contributed by atoms with Crippen LogP contribution in [-0.4, -0.2) is 11.2 Å². The molecule has 1 heterocycles. The van der Waals surface area contributed by atoms with E-state index in [0.717, 1.165) is 18.2 Å². The molecule has 1 aromatic heterocycles. The van der Waals surface area contributed by atoms with Crippen molar-refractivity contribution in [1.82, 2.24) is 4.57 Å². The number of nitrogens with zero attached hydrogens (tertiary/aromatic N) is 1. The van der Waals surface area contributed by atoms with Crippen molar-refractivity contribution in [3.63, 3.8) is 0 Å². The first-order valence-corrected chi connectivity index (χ1v) is 5.99. The van der Waals surface area contributed by atoms with Crippen LogP contribution in [0.1, 0.15) is 19.4 Å². The van der Waals surface area contributed by atoms with Crippen molar-refractivity contribution in [2.45, 2.75) is 27.0 Å². The molecule has 0 aliphatic rings. The van der Waals surface area contributed by atoms with Gasteiger partial charge in [-0.3, -0.25) is 0 Å². The summed E-state index contributed by atoms with van der Waals surface area (Å²) >= 11 is 6.02. The first kappa shape index (κ1) is 11.5. The van der Waals surface area contributed by atoms with Crippen LogP contribution in [0.2, 0.25) is 5.02 Å². The zero-order chi connectivity index (χ0) is 11.5. The largest absolute Gasteiger partial charge is 0.377 e. The van der Waals surface area contributed by atoms with E-state index < -0.39 is 0 Å². The molecule has 0 amide bonds. The lowest BCUT2D eigenvalue weighted by molar-refractivity contribution is 0.135. The number of aryl methyl sites for hydroxylation is 1. The van der Waals surface area contributed by atoms with Gasteiger partial charge < -0.3 is 9.30 Å². The molecule has 0 atom stereocenters. The average Bonchev–Trinajstić information content (AvgIpc) is 2.63. The molecule has 0 N–H and O–H groups in total. The minimum absolute atomic E-state index is 0.668. The third-order valence-electron chi connectivity index (χ3n) is 2.73. The maximum Gasteiger partial charge on any atom is 0.0737 e. The highest BCUT2D eigenvalue weighted by atomic mass is 35.5. The number of halogens is 1. The predicted molar refractivity (Wildman–Crippen MR) is 68.0 cm³/mol. The standard InChI is InChI=1S/C13H16ClNO/c1-3-15-8-10(9-16-4-2)12-6-5-11(14)7-13(12)15/h5-8H,3-4,9H2,1-2H3. The van der Waals surface area contributed by atoms with Crippen LogP contribution in [0.5, 0.6) is 0 Å². The Kier molecular flexibility index (Phi) is 3.52. The Balaban J connectivity index is 2.50. The van der Waals surface area contributed by atoms with Gasteiger partial charge in [0, 0.05) is 40.8 Å². The number of fused-ring (bicyclic) bond motifs is 1. The maximum absolute atomic E-state index is 6.02. The molecule has 86 valence electrons. The number of ether oxygens (including phenoxy) is 1. The molecule has 2 nitrogen and oxygen atoms in total. The smallest absolute Gasteiger partial charge is 0.0737 e. The van der Waals surface area contributed by atoms with Crippen LogP contribution < -0.4 is 0 Å². The molecule has 0 spiro atoms. The Bertz CT molecular complexity index is 490. The van der Waals surface area contributed by atoms with Gasteiger partial charge in [-0.1, -0.05) is 17.7 Å². The van der Waals surface area contributed by atoms with E-state index in [0.29, 0.717) is 6.61 Å². The number of hydrogen-bond donors (Lipinski definition) is 0. The Morgan fingerprint density at radius 1 is 1.31 bits per heavy atom. The summed E-state index contributed by atoms with van der Waals surface area (Å²) in [7, 11) is 0.